The van der Waals surface area contributed by atoms with E-state index in [9.17, 15) is 28.0 Å². The predicted octanol–water partition coefficient (Wildman–Crippen LogP) is 3.83. The highest BCUT2D eigenvalue weighted by Crippen LogP contribution is 2.43. The van der Waals surface area contributed by atoms with E-state index in [2.05, 4.69) is 15.5 Å². The van der Waals surface area contributed by atoms with Crippen LogP contribution < -0.4 is 10.9 Å². The van der Waals surface area contributed by atoms with Crippen molar-refractivity contribution in [3.8, 4) is 0 Å². The van der Waals surface area contributed by atoms with Crippen LogP contribution in [0.2, 0.25) is 0 Å². The van der Waals surface area contributed by atoms with Crippen LogP contribution in [0.5, 0.6) is 0 Å². The number of hydrogen-bond donors (Lipinski definition) is 4. The first-order chi connectivity index (χ1) is 17.0. The minimum absolute atomic E-state index is 0.0975. The molecule has 0 fully saturated rings. The van der Waals surface area contributed by atoms with Gasteiger partial charge in [0.05, 0.1) is 12.0 Å². The Morgan fingerprint density at radius 2 is 1.75 bits per heavy atom. The zero-order valence-electron chi connectivity index (χ0n) is 19.6. The van der Waals surface area contributed by atoms with Gasteiger partial charge < -0.3 is 20.6 Å². The molecule has 0 radical (unpaired) electrons. The zero-order chi connectivity index (χ0) is 26.5. The minimum atomic E-state index is -4.84. The summed E-state index contributed by atoms with van der Waals surface area (Å²) in [7, 11) is 0. The number of oxime groups is 1. The molecule has 2 atom stereocenters. The summed E-state index contributed by atoms with van der Waals surface area (Å²) >= 11 is 0. The largest absolute Gasteiger partial charge is 0.416 e. The second-order valence-corrected chi connectivity index (χ2v) is 8.47. The first-order valence-electron chi connectivity index (χ1n) is 11.1. The fraction of sp³-hybridized carbons (Fsp3) is 0.269. The maximum Gasteiger partial charge on any atom is 0.416 e. The lowest BCUT2D eigenvalue weighted by molar-refractivity contribution is -0.201. The second-order valence-electron chi connectivity index (χ2n) is 8.47. The number of benzene rings is 2. The molecule has 4 N–H and O–H groups in total. The molecule has 0 aliphatic heterocycles. The molecule has 0 bridgehead atoms. The number of aromatic amines is 1. The third-order valence-electron chi connectivity index (χ3n) is 6.14. The Morgan fingerprint density at radius 1 is 1.08 bits per heavy atom. The van der Waals surface area contributed by atoms with Crippen molar-refractivity contribution in [3.63, 3.8) is 0 Å². The quantitative estimate of drug-likeness (QED) is 0.213. The molecule has 10 heteroatoms. The number of nitrogens with zero attached hydrogens (tertiary/aromatic N) is 1. The van der Waals surface area contributed by atoms with Gasteiger partial charge in [0.25, 0.3) is 11.5 Å². The third-order valence-corrected chi connectivity index (χ3v) is 6.14. The molecular formula is C26H26F3N3O4. The van der Waals surface area contributed by atoms with E-state index in [4.69, 9.17) is 5.11 Å². The number of aliphatic hydroxyl groups excluding tert-OH is 1. The first-order valence-corrected chi connectivity index (χ1v) is 11.1. The maximum absolute atomic E-state index is 12.5. The number of H-pyrrole nitrogens is 1. The fourth-order valence-corrected chi connectivity index (χ4v) is 4.21. The Kier molecular flexibility index (Phi) is 7.99. The molecule has 36 heavy (non-hydrogen) atoms. The number of aromatic nitrogens is 1. The molecule has 3 aromatic rings. The number of carbonyl (C=O) groups excluding carboxylic acids is 1. The van der Waals surface area contributed by atoms with Gasteiger partial charge in [-0.1, -0.05) is 36.4 Å². The summed E-state index contributed by atoms with van der Waals surface area (Å²) in [4.78, 5) is 27.2. The van der Waals surface area contributed by atoms with Crippen LogP contribution in [0.1, 0.15) is 44.6 Å². The van der Waals surface area contributed by atoms with Crippen molar-refractivity contribution < 1.29 is 28.3 Å². The molecule has 190 valence electrons. The van der Waals surface area contributed by atoms with Gasteiger partial charge in [0, 0.05) is 30.0 Å². The van der Waals surface area contributed by atoms with Gasteiger partial charge in [-0.05, 0) is 54.3 Å². The van der Waals surface area contributed by atoms with Crippen molar-refractivity contribution in [1.82, 2.24) is 10.3 Å². The van der Waals surface area contributed by atoms with E-state index in [1.165, 1.54) is 18.3 Å². The summed E-state index contributed by atoms with van der Waals surface area (Å²) < 4.78 is 37.6. The van der Waals surface area contributed by atoms with Crippen LogP contribution in [0.3, 0.4) is 0 Å². The van der Waals surface area contributed by atoms with Gasteiger partial charge >= 0.3 is 6.18 Å². The van der Waals surface area contributed by atoms with E-state index in [1.807, 2.05) is 31.2 Å². The van der Waals surface area contributed by atoms with Gasteiger partial charge in [0.15, 0.2) is 6.10 Å². The molecule has 0 saturated heterocycles. The van der Waals surface area contributed by atoms with E-state index < -0.39 is 30.1 Å². The molecule has 7 nitrogen and oxygen atoms in total. The molecule has 3 rings (SSSR count). The number of carbonyl (C=O) groups is 1. The highest BCUT2D eigenvalue weighted by atomic mass is 19.4. The molecule has 0 aliphatic rings. The van der Waals surface area contributed by atoms with E-state index in [1.54, 1.807) is 31.3 Å². The number of hydrogen-bond acceptors (Lipinski definition) is 5. The van der Waals surface area contributed by atoms with Gasteiger partial charge in [0.1, 0.15) is 0 Å². The van der Waals surface area contributed by atoms with Crippen molar-refractivity contribution in [2.45, 2.75) is 38.0 Å². The topological polar surface area (TPSA) is 115 Å². The normalized spacial score (nSPS) is 14.4. The monoisotopic (exact) mass is 501 g/mol. The minimum Gasteiger partial charge on any atom is -0.411 e. The predicted molar refractivity (Wildman–Crippen MR) is 129 cm³/mol. The Hall–Kier alpha value is -3.92. The number of aryl methyl sites for hydroxylation is 2. The molecule has 0 saturated carbocycles. The average molecular weight is 502 g/mol. The van der Waals surface area contributed by atoms with Crippen molar-refractivity contribution in [2.75, 3.05) is 6.54 Å². The lowest BCUT2D eigenvalue weighted by atomic mass is 9.66. The van der Waals surface area contributed by atoms with E-state index in [0.717, 1.165) is 11.1 Å². The van der Waals surface area contributed by atoms with Crippen LogP contribution in [0.4, 0.5) is 13.2 Å². The van der Waals surface area contributed by atoms with Crippen molar-refractivity contribution in [3.05, 3.63) is 105 Å². The second kappa shape index (κ2) is 10.8. The number of amides is 1. The lowest BCUT2D eigenvalue weighted by Gasteiger charge is -2.36. The van der Waals surface area contributed by atoms with Crippen molar-refractivity contribution >= 4 is 12.1 Å². The van der Waals surface area contributed by atoms with E-state index in [0.29, 0.717) is 16.7 Å². The summed E-state index contributed by atoms with van der Waals surface area (Å²) in [6.07, 6.45) is -4.38. The zero-order valence-corrected chi connectivity index (χ0v) is 19.6. The molecule has 1 aromatic heterocycles. The molecule has 0 spiro atoms. The van der Waals surface area contributed by atoms with Crippen molar-refractivity contribution in [1.29, 1.82) is 0 Å². The average Bonchev–Trinajstić information content (AvgIpc) is 2.85. The number of nitrogens with one attached hydrogen (secondary N) is 2. The fourth-order valence-electron chi connectivity index (χ4n) is 4.21. The number of pyridine rings is 1. The Balaban J connectivity index is 2.11. The molecule has 2 aromatic carbocycles. The van der Waals surface area contributed by atoms with E-state index >= 15 is 0 Å². The van der Waals surface area contributed by atoms with E-state index in [-0.39, 0.29) is 17.5 Å². The summed E-state index contributed by atoms with van der Waals surface area (Å²) in [6.45, 7) is 2.63. The molecule has 1 amide bonds. The highest BCUT2D eigenvalue weighted by Gasteiger charge is 2.39. The molecule has 0 aliphatic carbocycles. The standard InChI is InChI=1S/C26H26F3N3O4/c1-16-5-3-4-6-21(16)25(11-12-32-36,20-13-17(2)23(34)30-14-20)19-9-7-18(8-10-19)24(35)31-15-22(33)26(27,28)29/h3-10,12-14,22,33,36H,11,15H2,1-2H3,(H,30,34)(H,31,35)/b32-12+. The Bertz CT molecular complexity index is 1300. The summed E-state index contributed by atoms with van der Waals surface area (Å²) in [5.74, 6) is -0.775. The van der Waals surface area contributed by atoms with Crippen LogP contribution in [-0.2, 0) is 5.41 Å². The molecule has 1 heterocycles. The Labute approximate surface area is 205 Å². The van der Waals surface area contributed by atoms with Crippen LogP contribution in [0.15, 0.2) is 70.7 Å². The number of alkyl halides is 3. The van der Waals surface area contributed by atoms with Gasteiger partial charge in [-0.15, -0.1) is 5.16 Å². The summed E-state index contributed by atoms with van der Waals surface area (Å²) in [5.41, 5.74) is 2.58. The Morgan fingerprint density at radius 3 is 2.33 bits per heavy atom. The van der Waals surface area contributed by atoms with Gasteiger partial charge in [-0.3, -0.25) is 9.59 Å². The van der Waals surface area contributed by atoms with Crippen LogP contribution in [-0.4, -0.2) is 46.2 Å². The van der Waals surface area contributed by atoms with Crippen LogP contribution in [0.25, 0.3) is 0 Å². The van der Waals surface area contributed by atoms with Crippen LogP contribution in [0, 0.1) is 13.8 Å². The highest BCUT2D eigenvalue weighted by molar-refractivity contribution is 5.94. The number of aliphatic hydroxyl groups is 1. The maximum atomic E-state index is 12.5. The number of halogens is 3. The molecular weight excluding hydrogens is 475 g/mol. The number of rotatable bonds is 8. The third kappa shape index (κ3) is 5.49. The summed E-state index contributed by atoms with van der Waals surface area (Å²) in [5, 5.41) is 23.7. The van der Waals surface area contributed by atoms with Gasteiger partial charge in [-0.2, -0.15) is 13.2 Å². The SMILES string of the molecule is Cc1ccccc1C(C/C=N/O)(c1ccc(C(=O)NCC(O)C(F)(F)F)cc1)c1c[nH]c(=O)c(C)c1. The summed E-state index contributed by atoms with van der Waals surface area (Å²) in [6, 6.07) is 15.6. The lowest BCUT2D eigenvalue weighted by Crippen LogP contribution is -2.40. The molecule has 2 unspecified atom stereocenters. The van der Waals surface area contributed by atoms with Gasteiger partial charge in [0.2, 0.25) is 0 Å². The van der Waals surface area contributed by atoms with Gasteiger partial charge in [-0.25, -0.2) is 0 Å². The first kappa shape index (κ1) is 26.7. The van der Waals surface area contributed by atoms with Crippen LogP contribution >= 0.6 is 0 Å². The van der Waals surface area contributed by atoms with Crippen molar-refractivity contribution in [2.24, 2.45) is 5.16 Å². The smallest absolute Gasteiger partial charge is 0.411 e.